The van der Waals surface area contributed by atoms with Crippen LogP contribution in [0.5, 0.6) is 0 Å². The number of amides is 3. The Bertz CT molecular complexity index is 1480. The van der Waals surface area contributed by atoms with Gasteiger partial charge in [0.15, 0.2) is 0 Å². The Morgan fingerprint density at radius 1 is 1.00 bits per heavy atom. The highest BCUT2D eigenvalue weighted by atomic mass is 19.1. The molecule has 8 heteroatoms. The Labute approximate surface area is 232 Å². The lowest BCUT2D eigenvalue weighted by atomic mass is 9.79. The minimum Gasteiger partial charge on any atom is -0.395 e. The average molecular weight is 542 g/mol. The fourth-order valence-electron chi connectivity index (χ4n) is 5.64. The van der Waals surface area contributed by atoms with Crippen LogP contribution in [-0.2, 0) is 11.2 Å². The van der Waals surface area contributed by atoms with E-state index in [2.05, 4.69) is 16.7 Å². The van der Waals surface area contributed by atoms with Crippen LogP contribution >= 0.6 is 0 Å². The standard InChI is InChI=1S/C32H32FN3O4/c1-21-6-9-25(33)18-27(21)30(39)35-26-10-7-22(8-11-26)31(40)36-16-14-32(19-23-4-2-3-5-28(23)36)13-12-24(20-32)29(38)34-15-17-37/h2-11,18,20,37H,12-17,19H2,1H3,(H,34,38)(H,35,39). The molecule has 206 valence electrons. The van der Waals surface area contributed by atoms with Gasteiger partial charge in [0.2, 0.25) is 5.91 Å². The zero-order chi connectivity index (χ0) is 28.3. The number of rotatable bonds is 6. The lowest BCUT2D eigenvalue weighted by Gasteiger charge is -2.26. The molecule has 5 rings (SSSR count). The van der Waals surface area contributed by atoms with Crippen LogP contribution in [0, 0.1) is 18.2 Å². The minimum absolute atomic E-state index is 0.103. The number of allylic oxidation sites excluding steroid dienone is 1. The lowest BCUT2D eigenvalue weighted by molar-refractivity contribution is -0.117. The quantitative estimate of drug-likeness (QED) is 0.418. The van der Waals surface area contributed by atoms with Crippen molar-refractivity contribution in [2.24, 2.45) is 5.41 Å². The first kappa shape index (κ1) is 27.3. The van der Waals surface area contributed by atoms with Crippen LogP contribution < -0.4 is 15.5 Å². The molecule has 3 amide bonds. The van der Waals surface area contributed by atoms with Crippen molar-refractivity contribution in [3.8, 4) is 0 Å². The fraction of sp³-hybridized carbons (Fsp3) is 0.281. The molecule has 1 heterocycles. The van der Waals surface area contributed by atoms with Gasteiger partial charge in [0.1, 0.15) is 5.82 Å². The number of carbonyl (C=O) groups is 3. The number of carbonyl (C=O) groups excluding carboxylic acids is 3. The van der Waals surface area contributed by atoms with Crippen LogP contribution in [0.25, 0.3) is 0 Å². The number of para-hydroxylation sites is 1. The van der Waals surface area contributed by atoms with Crippen molar-refractivity contribution in [3.05, 3.63) is 106 Å². The Kier molecular flexibility index (Phi) is 7.80. The summed E-state index contributed by atoms with van der Waals surface area (Å²) in [7, 11) is 0. The van der Waals surface area contributed by atoms with Gasteiger partial charge in [0.25, 0.3) is 11.8 Å². The van der Waals surface area contributed by atoms with E-state index >= 15 is 0 Å². The van der Waals surface area contributed by atoms with E-state index in [-0.39, 0.29) is 35.9 Å². The number of hydrogen-bond acceptors (Lipinski definition) is 4. The first-order valence-corrected chi connectivity index (χ1v) is 13.5. The maximum atomic E-state index is 13.7. The van der Waals surface area contributed by atoms with Gasteiger partial charge in [0.05, 0.1) is 6.61 Å². The van der Waals surface area contributed by atoms with Gasteiger partial charge >= 0.3 is 0 Å². The van der Waals surface area contributed by atoms with E-state index in [9.17, 15) is 18.8 Å². The molecule has 3 aromatic carbocycles. The molecule has 1 unspecified atom stereocenters. The molecule has 1 aliphatic heterocycles. The highest BCUT2D eigenvalue weighted by molar-refractivity contribution is 6.08. The number of nitrogens with one attached hydrogen (secondary N) is 2. The molecule has 0 saturated carbocycles. The van der Waals surface area contributed by atoms with Crippen LogP contribution in [-0.4, -0.2) is 42.5 Å². The van der Waals surface area contributed by atoms with Gasteiger partial charge in [-0.1, -0.05) is 30.3 Å². The minimum atomic E-state index is -0.481. The summed E-state index contributed by atoms with van der Waals surface area (Å²) in [5.74, 6) is -1.19. The first-order chi connectivity index (χ1) is 19.3. The van der Waals surface area contributed by atoms with Gasteiger partial charge in [-0.15, -0.1) is 0 Å². The molecule has 0 radical (unpaired) electrons. The van der Waals surface area contributed by atoms with Gasteiger partial charge < -0.3 is 20.6 Å². The molecule has 1 aliphatic carbocycles. The number of fused-ring (bicyclic) bond motifs is 1. The second-order valence-corrected chi connectivity index (χ2v) is 10.5. The first-order valence-electron chi connectivity index (χ1n) is 13.5. The molecule has 1 spiro atoms. The molecule has 0 saturated heterocycles. The number of benzene rings is 3. The average Bonchev–Trinajstić information content (AvgIpc) is 3.30. The molecular weight excluding hydrogens is 509 g/mol. The maximum absolute atomic E-state index is 13.7. The summed E-state index contributed by atoms with van der Waals surface area (Å²) in [6.45, 7) is 2.36. The van der Waals surface area contributed by atoms with E-state index in [1.54, 1.807) is 42.2 Å². The highest BCUT2D eigenvalue weighted by Gasteiger charge is 2.39. The molecule has 2 aliphatic rings. The van der Waals surface area contributed by atoms with Crippen molar-refractivity contribution >= 4 is 29.1 Å². The van der Waals surface area contributed by atoms with E-state index in [0.717, 1.165) is 29.7 Å². The Morgan fingerprint density at radius 2 is 1.77 bits per heavy atom. The van der Waals surface area contributed by atoms with Gasteiger partial charge in [-0.3, -0.25) is 14.4 Å². The van der Waals surface area contributed by atoms with Gasteiger partial charge in [0, 0.05) is 41.2 Å². The van der Waals surface area contributed by atoms with Crippen molar-refractivity contribution < 1.29 is 23.9 Å². The van der Waals surface area contributed by atoms with Crippen LogP contribution in [0.15, 0.2) is 78.4 Å². The van der Waals surface area contributed by atoms with E-state index < -0.39 is 11.7 Å². The predicted molar refractivity (Wildman–Crippen MR) is 152 cm³/mol. The topological polar surface area (TPSA) is 98.7 Å². The number of aryl methyl sites for hydroxylation is 1. The second-order valence-electron chi connectivity index (χ2n) is 10.5. The van der Waals surface area contributed by atoms with Crippen LogP contribution in [0.4, 0.5) is 15.8 Å². The summed E-state index contributed by atoms with van der Waals surface area (Å²) in [5, 5.41) is 14.6. The third-order valence-electron chi connectivity index (χ3n) is 7.80. The normalized spacial score (nSPS) is 18.1. The summed E-state index contributed by atoms with van der Waals surface area (Å²) < 4.78 is 13.6. The molecule has 7 nitrogen and oxygen atoms in total. The summed E-state index contributed by atoms with van der Waals surface area (Å²) in [4.78, 5) is 40.7. The Morgan fingerprint density at radius 3 is 2.55 bits per heavy atom. The molecule has 3 aromatic rings. The molecular formula is C32H32FN3O4. The van der Waals surface area contributed by atoms with Crippen molar-refractivity contribution in [1.82, 2.24) is 5.32 Å². The third-order valence-corrected chi connectivity index (χ3v) is 7.80. The van der Waals surface area contributed by atoms with Gasteiger partial charge in [-0.05, 0) is 91.6 Å². The predicted octanol–water partition coefficient (Wildman–Crippen LogP) is 4.79. The number of hydrogen-bond donors (Lipinski definition) is 3. The van der Waals surface area contributed by atoms with Crippen LogP contribution in [0.1, 0.15) is 51.1 Å². The lowest BCUT2D eigenvalue weighted by Crippen LogP contribution is -2.33. The van der Waals surface area contributed by atoms with Crippen molar-refractivity contribution in [2.45, 2.75) is 32.6 Å². The van der Waals surface area contributed by atoms with Crippen molar-refractivity contribution in [1.29, 1.82) is 0 Å². The molecule has 1 atom stereocenters. The summed E-state index contributed by atoms with van der Waals surface area (Å²) in [5.41, 5.74) is 4.33. The molecule has 3 N–H and O–H groups in total. The Hall–Kier alpha value is -4.30. The Balaban J connectivity index is 1.34. The van der Waals surface area contributed by atoms with E-state index in [1.807, 2.05) is 24.3 Å². The second kappa shape index (κ2) is 11.4. The van der Waals surface area contributed by atoms with Crippen LogP contribution in [0.3, 0.4) is 0 Å². The third kappa shape index (κ3) is 5.67. The number of aliphatic hydroxyl groups is 1. The van der Waals surface area contributed by atoms with E-state index in [0.29, 0.717) is 36.2 Å². The van der Waals surface area contributed by atoms with Crippen molar-refractivity contribution in [2.75, 3.05) is 29.9 Å². The summed E-state index contributed by atoms with van der Waals surface area (Å²) in [6, 6.07) is 18.6. The van der Waals surface area contributed by atoms with E-state index in [4.69, 9.17) is 5.11 Å². The number of aliphatic hydroxyl groups excluding tert-OH is 1. The zero-order valence-corrected chi connectivity index (χ0v) is 22.4. The molecule has 40 heavy (non-hydrogen) atoms. The number of nitrogens with zero attached hydrogens (tertiary/aromatic N) is 1. The summed E-state index contributed by atoms with van der Waals surface area (Å²) >= 11 is 0. The SMILES string of the molecule is Cc1ccc(F)cc1C(=O)Nc1ccc(C(=O)N2CCC3(C=C(C(=O)NCCO)CC3)Cc3ccccc32)cc1. The number of halogens is 1. The monoisotopic (exact) mass is 541 g/mol. The summed E-state index contributed by atoms with van der Waals surface area (Å²) in [6.07, 6.45) is 5.00. The maximum Gasteiger partial charge on any atom is 0.258 e. The van der Waals surface area contributed by atoms with Crippen molar-refractivity contribution in [3.63, 3.8) is 0 Å². The highest BCUT2D eigenvalue weighted by Crippen LogP contribution is 2.46. The largest absolute Gasteiger partial charge is 0.395 e. The fourth-order valence-corrected chi connectivity index (χ4v) is 5.64. The molecule has 0 bridgehead atoms. The van der Waals surface area contributed by atoms with E-state index in [1.165, 1.54) is 12.1 Å². The van der Waals surface area contributed by atoms with Gasteiger partial charge in [-0.2, -0.15) is 0 Å². The molecule has 0 fully saturated rings. The van der Waals surface area contributed by atoms with Crippen LogP contribution in [0.2, 0.25) is 0 Å². The number of anilines is 2. The zero-order valence-electron chi connectivity index (χ0n) is 22.4. The van der Waals surface area contributed by atoms with Gasteiger partial charge in [-0.25, -0.2) is 4.39 Å². The smallest absolute Gasteiger partial charge is 0.258 e. The molecule has 0 aromatic heterocycles.